The highest BCUT2D eigenvalue weighted by Crippen LogP contribution is 2.29. The normalized spacial score (nSPS) is 11.9. The average molecular weight is 429 g/mol. The third-order valence-electron chi connectivity index (χ3n) is 4.58. The first-order valence-electron chi connectivity index (χ1n) is 9.83. The lowest BCUT2D eigenvalue weighted by atomic mass is 10.2. The Hall–Kier alpha value is -2.87. The van der Waals surface area contributed by atoms with E-state index in [0.29, 0.717) is 5.16 Å². The summed E-state index contributed by atoms with van der Waals surface area (Å²) < 4.78 is 21.1. The summed E-state index contributed by atoms with van der Waals surface area (Å²) >= 11 is 1.31. The SMILES string of the molecule is CCCCn1c(SC(C)C(=O)Nc2ccccc2F)nnc1-c1ccc(OC)cc1. The first kappa shape index (κ1) is 21.8. The van der Waals surface area contributed by atoms with Crippen molar-refractivity contribution in [3.05, 3.63) is 54.3 Å². The van der Waals surface area contributed by atoms with Gasteiger partial charge in [0.05, 0.1) is 18.0 Å². The van der Waals surface area contributed by atoms with Crippen molar-refractivity contribution < 1.29 is 13.9 Å². The van der Waals surface area contributed by atoms with Gasteiger partial charge >= 0.3 is 0 Å². The molecular weight excluding hydrogens is 403 g/mol. The summed E-state index contributed by atoms with van der Waals surface area (Å²) in [6.07, 6.45) is 1.98. The molecule has 0 saturated heterocycles. The topological polar surface area (TPSA) is 69.0 Å². The average Bonchev–Trinajstić information content (AvgIpc) is 3.16. The number of nitrogens with one attached hydrogen (secondary N) is 1. The molecule has 1 atom stereocenters. The van der Waals surface area contributed by atoms with Crippen molar-refractivity contribution in [3.63, 3.8) is 0 Å². The Balaban J connectivity index is 1.79. The Kier molecular flexibility index (Phi) is 7.46. The summed E-state index contributed by atoms with van der Waals surface area (Å²) in [4.78, 5) is 12.6. The van der Waals surface area contributed by atoms with E-state index in [-0.39, 0.29) is 11.6 Å². The molecule has 0 saturated carbocycles. The second-order valence-electron chi connectivity index (χ2n) is 6.77. The van der Waals surface area contributed by atoms with E-state index in [1.54, 1.807) is 26.2 Å². The first-order valence-corrected chi connectivity index (χ1v) is 10.7. The van der Waals surface area contributed by atoms with Crippen molar-refractivity contribution in [2.75, 3.05) is 12.4 Å². The number of anilines is 1. The van der Waals surface area contributed by atoms with Gasteiger partial charge in [-0.3, -0.25) is 4.79 Å². The third kappa shape index (κ3) is 5.18. The minimum atomic E-state index is -0.474. The fourth-order valence-electron chi connectivity index (χ4n) is 2.86. The summed E-state index contributed by atoms with van der Waals surface area (Å²) in [7, 11) is 1.63. The number of nitrogens with zero attached hydrogens (tertiary/aromatic N) is 3. The van der Waals surface area contributed by atoms with Gasteiger partial charge in [0.2, 0.25) is 5.91 Å². The number of methoxy groups -OCH3 is 1. The molecule has 0 spiro atoms. The van der Waals surface area contributed by atoms with Crippen LogP contribution < -0.4 is 10.1 Å². The number of thioether (sulfide) groups is 1. The molecule has 1 amide bonds. The highest BCUT2D eigenvalue weighted by Gasteiger charge is 2.21. The van der Waals surface area contributed by atoms with Crippen LogP contribution in [0.4, 0.5) is 10.1 Å². The quantitative estimate of drug-likeness (QED) is 0.485. The maximum absolute atomic E-state index is 13.8. The van der Waals surface area contributed by atoms with E-state index in [2.05, 4.69) is 22.4 Å². The van der Waals surface area contributed by atoms with Gasteiger partial charge in [0.1, 0.15) is 11.6 Å². The van der Waals surface area contributed by atoms with Crippen LogP contribution in [0.5, 0.6) is 5.75 Å². The summed E-state index contributed by atoms with van der Waals surface area (Å²) in [5.41, 5.74) is 1.09. The lowest BCUT2D eigenvalue weighted by Gasteiger charge is -2.14. The van der Waals surface area contributed by atoms with E-state index in [1.807, 2.05) is 28.8 Å². The van der Waals surface area contributed by atoms with Crippen LogP contribution in [-0.4, -0.2) is 33.0 Å². The van der Waals surface area contributed by atoms with Crippen molar-refractivity contribution in [1.29, 1.82) is 0 Å². The Morgan fingerprint density at radius 2 is 1.93 bits per heavy atom. The summed E-state index contributed by atoms with van der Waals surface area (Å²) in [5, 5.41) is 11.5. The van der Waals surface area contributed by atoms with Gasteiger partial charge in [-0.15, -0.1) is 10.2 Å². The van der Waals surface area contributed by atoms with E-state index in [0.717, 1.165) is 36.5 Å². The number of halogens is 1. The fraction of sp³-hybridized carbons (Fsp3) is 0.318. The van der Waals surface area contributed by atoms with E-state index in [1.165, 1.54) is 23.9 Å². The van der Waals surface area contributed by atoms with Gasteiger partial charge in [0.15, 0.2) is 11.0 Å². The van der Waals surface area contributed by atoms with E-state index < -0.39 is 11.1 Å². The summed E-state index contributed by atoms with van der Waals surface area (Å²) in [6.45, 7) is 4.64. The third-order valence-corrected chi connectivity index (χ3v) is 5.66. The molecule has 1 heterocycles. The second kappa shape index (κ2) is 10.2. The Morgan fingerprint density at radius 1 is 1.20 bits per heavy atom. The number of aromatic nitrogens is 3. The second-order valence-corrected chi connectivity index (χ2v) is 8.08. The van der Waals surface area contributed by atoms with Crippen molar-refractivity contribution in [2.24, 2.45) is 0 Å². The smallest absolute Gasteiger partial charge is 0.237 e. The minimum absolute atomic E-state index is 0.168. The zero-order valence-electron chi connectivity index (χ0n) is 17.3. The van der Waals surface area contributed by atoms with Gasteiger partial charge in [-0.1, -0.05) is 37.2 Å². The van der Waals surface area contributed by atoms with Crippen molar-refractivity contribution in [1.82, 2.24) is 14.8 Å². The van der Waals surface area contributed by atoms with Gasteiger partial charge in [-0.05, 0) is 49.7 Å². The highest BCUT2D eigenvalue weighted by molar-refractivity contribution is 8.00. The molecule has 6 nitrogen and oxygen atoms in total. The molecule has 8 heteroatoms. The standard InChI is InChI=1S/C22H25FN4O2S/c1-4-5-14-27-20(16-10-12-17(29-3)13-11-16)25-26-22(27)30-15(2)21(28)24-19-9-7-6-8-18(19)23/h6-13,15H,4-5,14H2,1-3H3,(H,24,28). The van der Waals surface area contributed by atoms with Gasteiger partial charge in [0, 0.05) is 12.1 Å². The monoisotopic (exact) mass is 428 g/mol. The predicted octanol–water partition coefficient (Wildman–Crippen LogP) is 5.01. The van der Waals surface area contributed by atoms with Gasteiger partial charge in [0.25, 0.3) is 0 Å². The number of ether oxygens (including phenoxy) is 1. The van der Waals surface area contributed by atoms with Crippen LogP contribution in [0.25, 0.3) is 11.4 Å². The number of carbonyl (C=O) groups is 1. The molecule has 2 aromatic carbocycles. The van der Waals surface area contributed by atoms with E-state index in [9.17, 15) is 9.18 Å². The molecule has 1 N–H and O–H groups in total. The molecule has 1 unspecified atom stereocenters. The van der Waals surface area contributed by atoms with Crippen LogP contribution in [0.2, 0.25) is 0 Å². The lowest BCUT2D eigenvalue weighted by Crippen LogP contribution is -2.23. The van der Waals surface area contributed by atoms with Crippen molar-refractivity contribution in [3.8, 4) is 17.1 Å². The number of para-hydroxylation sites is 1. The molecule has 0 bridgehead atoms. The number of rotatable bonds is 9. The molecule has 0 radical (unpaired) electrons. The molecule has 30 heavy (non-hydrogen) atoms. The number of amides is 1. The molecule has 1 aromatic heterocycles. The molecule has 0 aliphatic rings. The van der Waals surface area contributed by atoms with Gasteiger partial charge in [-0.25, -0.2) is 4.39 Å². The molecule has 3 rings (SSSR count). The minimum Gasteiger partial charge on any atom is -0.497 e. The maximum Gasteiger partial charge on any atom is 0.237 e. The largest absolute Gasteiger partial charge is 0.497 e. The van der Waals surface area contributed by atoms with Gasteiger partial charge < -0.3 is 14.6 Å². The number of hydrogen-bond donors (Lipinski definition) is 1. The van der Waals surface area contributed by atoms with Crippen LogP contribution in [-0.2, 0) is 11.3 Å². The van der Waals surface area contributed by atoms with Crippen LogP contribution in [0.15, 0.2) is 53.7 Å². The number of carbonyl (C=O) groups excluding carboxylic acids is 1. The zero-order valence-corrected chi connectivity index (χ0v) is 18.1. The fourth-order valence-corrected chi connectivity index (χ4v) is 3.73. The summed E-state index contributed by atoms with van der Waals surface area (Å²) in [6, 6.07) is 13.8. The molecule has 158 valence electrons. The van der Waals surface area contributed by atoms with Crippen LogP contribution in [0.1, 0.15) is 26.7 Å². The molecular formula is C22H25FN4O2S. The highest BCUT2D eigenvalue weighted by atomic mass is 32.2. The first-order chi connectivity index (χ1) is 14.5. The Labute approximate surface area is 179 Å². The van der Waals surface area contributed by atoms with E-state index in [4.69, 9.17) is 4.74 Å². The van der Waals surface area contributed by atoms with Crippen LogP contribution >= 0.6 is 11.8 Å². The number of benzene rings is 2. The number of unbranched alkanes of at least 4 members (excludes halogenated alkanes) is 1. The predicted molar refractivity (Wildman–Crippen MR) is 117 cm³/mol. The van der Waals surface area contributed by atoms with E-state index >= 15 is 0 Å². The van der Waals surface area contributed by atoms with Crippen LogP contribution in [0.3, 0.4) is 0 Å². The molecule has 0 aliphatic carbocycles. The van der Waals surface area contributed by atoms with Crippen molar-refractivity contribution in [2.45, 2.75) is 43.6 Å². The molecule has 3 aromatic rings. The zero-order chi connectivity index (χ0) is 21.5. The molecule has 0 fully saturated rings. The Bertz CT molecular complexity index is 991. The van der Waals surface area contributed by atoms with Crippen LogP contribution in [0, 0.1) is 5.82 Å². The Morgan fingerprint density at radius 3 is 2.60 bits per heavy atom. The summed E-state index contributed by atoms with van der Waals surface area (Å²) in [5.74, 6) is 0.763. The molecule has 0 aliphatic heterocycles. The lowest BCUT2D eigenvalue weighted by molar-refractivity contribution is -0.115. The van der Waals surface area contributed by atoms with Gasteiger partial charge in [-0.2, -0.15) is 0 Å². The number of hydrogen-bond acceptors (Lipinski definition) is 5. The maximum atomic E-state index is 13.8. The van der Waals surface area contributed by atoms with Crippen molar-refractivity contribution >= 4 is 23.4 Å².